The van der Waals surface area contributed by atoms with Gasteiger partial charge in [-0.25, -0.2) is 0 Å². The summed E-state index contributed by atoms with van der Waals surface area (Å²) in [5.74, 6) is 0. The second-order valence-corrected chi connectivity index (χ2v) is 6.55. The first-order chi connectivity index (χ1) is 9.24. The van der Waals surface area contributed by atoms with E-state index < -0.39 is 0 Å². The molecule has 2 N–H and O–H groups in total. The number of benzene rings is 2. The minimum atomic E-state index is 0.149. The predicted molar refractivity (Wildman–Crippen MR) is 82.5 cm³/mol. The van der Waals surface area contributed by atoms with Crippen LogP contribution < -0.4 is 5.73 Å². The van der Waals surface area contributed by atoms with Crippen molar-refractivity contribution in [3.8, 4) is 0 Å². The molecule has 19 heavy (non-hydrogen) atoms. The van der Waals surface area contributed by atoms with Crippen molar-refractivity contribution in [3.63, 3.8) is 0 Å². The van der Waals surface area contributed by atoms with Crippen molar-refractivity contribution in [2.75, 3.05) is 0 Å². The third kappa shape index (κ3) is 2.70. The Morgan fingerprint density at radius 1 is 1.11 bits per heavy atom. The molecule has 2 unspecified atom stereocenters. The minimum Gasteiger partial charge on any atom is -0.323 e. The molecular weight excluding hydrogens is 250 g/mol. The Morgan fingerprint density at radius 3 is 2.79 bits per heavy atom. The maximum atomic E-state index is 6.46. The minimum absolute atomic E-state index is 0.149. The van der Waals surface area contributed by atoms with E-state index in [1.165, 1.54) is 21.6 Å². The van der Waals surface area contributed by atoms with Crippen LogP contribution in [0, 0.1) is 6.92 Å². The highest BCUT2D eigenvalue weighted by Gasteiger charge is 2.27. The molecule has 0 bridgehead atoms. The molecule has 0 spiro atoms. The van der Waals surface area contributed by atoms with Crippen LogP contribution in [0.2, 0.25) is 0 Å². The second-order valence-electron chi connectivity index (χ2n) is 5.24. The summed E-state index contributed by atoms with van der Waals surface area (Å²) in [6.07, 6.45) is 2.31. The highest BCUT2D eigenvalue weighted by Crippen LogP contribution is 2.38. The number of thioether (sulfide) groups is 1. The first kappa shape index (κ1) is 12.8. The van der Waals surface area contributed by atoms with E-state index in [2.05, 4.69) is 55.5 Å². The van der Waals surface area contributed by atoms with E-state index in [1.54, 1.807) is 0 Å². The van der Waals surface area contributed by atoms with E-state index in [0.29, 0.717) is 5.25 Å². The summed E-state index contributed by atoms with van der Waals surface area (Å²) < 4.78 is 0. The van der Waals surface area contributed by atoms with Crippen LogP contribution in [0.1, 0.15) is 29.2 Å². The fourth-order valence-electron chi connectivity index (χ4n) is 2.76. The summed E-state index contributed by atoms with van der Waals surface area (Å²) in [4.78, 5) is 1.33. The molecule has 2 aromatic rings. The Labute approximate surface area is 119 Å². The SMILES string of the molecule is Cc1cccc(SC2CCc3ccccc3C2N)c1. The Hall–Kier alpha value is -1.25. The Balaban J connectivity index is 1.81. The van der Waals surface area contributed by atoms with Gasteiger partial charge in [0.2, 0.25) is 0 Å². The van der Waals surface area contributed by atoms with Gasteiger partial charge in [-0.1, -0.05) is 42.0 Å². The van der Waals surface area contributed by atoms with Crippen LogP contribution in [0.25, 0.3) is 0 Å². The lowest BCUT2D eigenvalue weighted by molar-refractivity contribution is 0.587. The molecule has 0 fully saturated rings. The lowest BCUT2D eigenvalue weighted by Crippen LogP contribution is -2.29. The zero-order valence-electron chi connectivity index (χ0n) is 11.2. The predicted octanol–water partition coefficient (Wildman–Crippen LogP) is 4.10. The van der Waals surface area contributed by atoms with Crippen LogP contribution in [-0.2, 0) is 6.42 Å². The van der Waals surface area contributed by atoms with Gasteiger partial charge < -0.3 is 5.73 Å². The van der Waals surface area contributed by atoms with Gasteiger partial charge in [0.15, 0.2) is 0 Å². The molecule has 3 rings (SSSR count). The van der Waals surface area contributed by atoms with Gasteiger partial charge >= 0.3 is 0 Å². The van der Waals surface area contributed by atoms with E-state index in [9.17, 15) is 0 Å². The molecule has 0 aliphatic heterocycles. The molecule has 0 radical (unpaired) electrons. The number of nitrogens with two attached hydrogens (primary N) is 1. The molecule has 2 heteroatoms. The highest BCUT2D eigenvalue weighted by molar-refractivity contribution is 8.00. The van der Waals surface area contributed by atoms with Crippen molar-refractivity contribution < 1.29 is 0 Å². The van der Waals surface area contributed by atoms with E-state index >= 15 is 0 Å². The van der Waals surface area contributed by atoms with Crippen LogP contribution in [0.5, 0.6) is 0 Å². The molecule has 2 aromatic carbocycles. The molecule has 98 valence electrons. The maximum Gasteiger partial charge on any atom is 0.0421 e. The molecule has 0 saturated heterocycles. The molecule has 1 aliphatic carbocycles. The molecule has 0 heterocycles. The average molecular weight is 269 g/mol. The van der Waals surface area contributed by atoms with Crippen molar-refractivity contribution in [2.24, 2.45) is 5.73 Å². The van der Waals surface area contributed by atoms with E-state index in [0.717, 1.165) is 12.8 Å². The zero-order chi connectivity index (χ0) is 13.2. The van der Waals surface area contributed by atoms with Gasteiger partial charge in [-0.3, -0.25) is 0 Å². The molecule has 2 atom stereocenters. The van der Waals surface area contributed by atoms with Crippen molar-refractivity contribution in [1.82, 2.24) is 0 Å². The van der Waals surface area contributed by atoms with Gasteiger partial charge in [0.25, 0.3) is 0 Å². The number of hydrogen-bond donors (Lipinski definition) is 1. The molecule has 0 saturated carbocycles. The summed E-state index contributed by atoms with van der Waals surface area (Å²) in [6.45, 7) is 2.14. The molecule has 0 aromatic heterocycles. The van der Waals surface area contributed by atoms with Crippen LogP contribution >= 0.6 is 11.8 Å². The van der Waals surface area contributed by atoms with Crippen molar-refractivity contribution >= 4 is 11.8 Å². The van der Waals surface area contributed by atoms with Gasteiger partial charge in [0.1, 0.15) is 0 Å². The highest BCUT2D eigenvalue weighted by atomic mass is 32.2. The Morgan fingerprint density at radius 2 is 1.95 bits per heavy atom. The monoisotopic (exact) mass is 269 g/mol. The quantitative estimate of drug-likeness (QED) is 0.888. The fourth-order valence-corrected chi connectivity index (χ4v) is 4.05. The first-order valence-corrected chi connectivity index (χ1v) is 7.69. The van der Waals surface area contributed by atoms with Gasteiger partial charge in [0.05, 0.1) is 0 Å². The van der Waals surface area contributed by atoms with Crippen LogP contribution in [0.3, 0.4) is 0 Å². The lowest BCUT2D eigenvalue weighted by atomic mass is 9.88. The summed E-state index contributed by atoms with van der Waals surface area (Å²) in [5, 5.41) is 0.483. The summed E-state index contributed by atoms with van der Waals surface area (Å²) in [5.41, 5.74) is 10.5. The summed E-state index contributed by atoms with van der Waals surface area (Å²) in [6, 6.07) is 17.4. The van der Waals surface area contributed by atoms with E-state index in [1.807, 2.05) is 11.8 Å². The largest absolute Gasteiger partial charge is 0.323 e. The van der Waals surface area contributed by atoms with Gasteiger partial charge in [0, 0.05) is 16.2 Å². The van der Waals surface area contributed by atoms with Crippen LogP contribution in [0.15, 0.2) is 53.4 Å². The summed E-state index contributed by atoms with van der Waals surface area (Å²) >= 11 is 1.93. The Kier molecular flexibility index (Phi) is 3.63. The van der Waals surface area contributed by atoms with Crippen molar-refractivity contribution in [2.45, 2.75) is 36.0 Å². The van der Waals surface area contributed by atoms with E-state index in [4.69, 9.17) is 5.73 Å². The van der Waals surface area contributed by atoms with Crippen LogP contribution in [-0.4, -0.2) is 5.25 Å². The smallest absolute Gasteiger partial charge is 0.0421 e. The van der Waals surface area contributed by atoms with Gasteiger partial charge in [-0.05, 0) is 43.0 Å². The van der Waals surface area contributed by atoms with Gasteiger partial charge in [-0.2, -0.15) is 0 Å². The number of aryl methyl sites for hydroxylation is 2. The van der Waals surface area contributed by atoms with Gasteiger partial charge in [-0.15, -0.1) is 11.8 Å². The van der Waals surface area contributed by atoms with Crippen molar-refractivity contribution in [3.05, 3.63) is 65.2 Å². The van der Waals surface area contributed by atoms with E-state index in [-0.39, 0.29) is 6.04 Å². The molecule has 1 aliphatic rings. The number of fused-ring (bicyclic) bond motifs is 1. The fraction of sp³-hybridized carbons (Fsp3) is 0.294. The molecule has 0 amide bonds. The molecule has 1 nitrogen and oxygen atoms in total. The Bertz CT molecular complexity index is 579. The third-order valence-corrected chi connectivity index (χ3v) is 5.15. The lowest BCUT2D eigenvalue weighted by Gasteiger charge is -2.30. The average Bonchev–Trinajstić information content (AvgIpc) is 2.42. The maximum absolute atomic E-state index is 6.46. The normalized spacial score (nSPS) is 22.0. The number of hydrogen-bond acceptors (Lipinski definition) is 2. The van der Waals surface area contributed by atoms with Crippen molar-refractivity contribution in [1.29, 1.82) is 0 Å². The zero-order valence-corrected chi connectivity index (χ0v) is 12.0. The van der Waals surface area contributed by atoms with Crippen LogP contribution in [0.4, 0.5) is 0 Å². The topological polar surface area (TPSA) is 26.0 Å². The standard InChI is InChI=1S/C17H19NS/c1-12-5-4-7-14(11-12)19-16-10-9-13-6-2-3-8-15(13)17(16)18/h2-8,11,16-17H,9-10,18H2,1H3. The summed E-state index contributed by atoms with van der Waals surface area (Å²) in [7, 11) is 0. The molecular formula is C17H19NS. The second kappa shape index (κ2) is 5.40. The first-order valence-electron chi connectivity index (χ1n) is 6.81. The number of rotatable bonds is 2. The third-order valence-electron chi connectivity index (χ3n) is 3.79.